The predicted octanol–water partition coefficient (Wildman–Crippen LogP) is 2.22. The van der Waals surface area contributed by atoms with Crippen LogP contribution >= 0.6 is 0 Å². The van der Waals surface area contributed by atoms with E-state index >= 15 is 0 Å². The van der Waals surface area contributed by atoms with Gasteiger partial charge in [-0.05, 0) is 19.8 Å². The number of hydrogen-bond donors (Lipinski definition) is 0. The number of rotatable bonds is 2. The molecule has 0 amide bonds. The van der Waals surface area contributed by atoms with Gasteiger partial charge in [0.25, 0.3) is 0 Å². The van der Waals surface area contributed by atoms with Gasteiger partial charge >= 0.3 is 0 Å². The maximum atomic E-state index is 11.3. The fourth-order valence-electron chi connectivity index (χ4n) is 1.35. The van der Waals surface area contributed by atoms with Gasteiger partial charge in [0.15, 0.2) is 11.6 Å². The van der Waals surface area contributed by atoms with E-state index < -0.39 is 0 Å². The van der Waals surface area contributed by atoms with Crippen LogP contribution < -0.4 is 0 Å². The van der Waals surface area contributed by atoms with Crippen molar-refractivity contribution in [3.05, 3.63) is 35.5 Å². The summed E-state index contributed by atoms with van der Waals surface area (Å²) in [6.07, 6.45) is 7.32. The molecule has 0 heterocycles. The van der Waals surface area contributed by atoms with Crippen molar-refractivity contribution >= 4 is 11.6 Å². The summed E-state index contributed by atoms with van der Waals surface area (Å²) < 4.78 is 0. The van der Waals surface area contributed by atoms with E-state index in [0.717, 1.165) is 0 Å². The Kier molecular flexibility index (Phi) is 3.18. The Morgan fingerprint density at radius 2 is 1.36 bits per heavy atom. The van der Waals surface area contributed by atoms with E-state index in [0.29, 0.717) is 11.1 Å². The number of allylic oxidation sites excluding steroid dienone is 6. The van der Waals surface area contributed by atoms with E-state index in [4.69, 9.17) is 0 Å². The number of carbonyl (C=O) groups is 2. The maximum absolute atomic E-state index is 11.3. The van der Waals surface area contributed by atoms with Gasteiger partial charge in [-0.2, -0.15) is 0 Å². The summed E-state index contributed by atoms with van der Waals surface area (Å²) in [6, 6.07) is 0. The second kappa shape index (κ2) is 4.18. The van der Waals surface area contributed by atoms with Crippen molar-refractivity contribution in [1.29, 1.82) is 0 Å². The third-order valence-corrected chi connectivity index (χ3v) is 2.18. The van der Waals surface area contributed by atoms with E-state index in [9.17, 15) is 9.59 Å². The van der Waals surface area contributed by atoms with Crippen LogP contribution in [0.4, 0.5) is 0 Å². The third kappa shape index (κ3) is 2.28. The standard InChI is InChI=1S/C12H14O2/c1-8-4-6-11(9(2)13)12(7-5-8)10(3)14/h4-8H,1-3H3. The Balaban J connectivity index is 3.24. The first-order valence-electron chi connectivity index (χ1n) is 4.65. The summed E-state index contributed by atoms with van der Waals surface area (Å²) in [5.74, 6) is 0.136. The first-order valence-corrected chi connectivity index (χ1v) is 4.65. The van der Waals surface area contributed by atoms with Crippen molar-refractivity contribution in [3.8, 4) is 0 Å². The summed E-state index contributed by atoms with van der Waals surface area (Å²) in [5, 5.41) is 0. The molecule has 0 bridgehead atoms. The summed E-state index contributed by atoms with van der Waals surface area (Å²) in [7, 11) is 0. The van der Waals surface area contributed by atoms with Crippen LogP contribution in [0.5, 0.6) is 0 Å². The number of carbonyl (C=O) groups excluding carboxylic acids is 2. The average molecular weight is 190 g/mol. The second-order valence-corrected chi connectivity index (χ2v) is 3.52. The molecule has 2 nitrogen and oxygen atoms in total. The van der Waals surface area contributed by atoms with Crippen molar-refractivity contribution in [2.75, 3.05) is 0 Å². The average Bonchev–Trinajstić information content (AvgIpc) is 2.26. The Morgan fingerprint density at radius 3 is 1.64 bits per heavy atom. The lowest BCUT2D eigenvalue weighted by Gasteiger charge is -2.00. The van der Waals surface area contributed by atoms with Crippen molar-refractivity contribution in [1.82, 2.24) is 0 Å². The van der Waals surface area contributed by atoms with Gasteiger partial charge in [0.2, 0.25) is 0 Å². The van der Waals surface area contributed by atoms with Gasteiger partial charge in [0, 0.05) is 11.1 Å². The van der Waals surface area contributed by atoms with E-state index in [-0.39, 0.29) is 17.5 Å². The molecule has 0 unspecified atom stereocenters. The molecule has 0 aromatic rings. The van der Waals surface area contributed by atoms with Gasteiger partial charge in [0.1, 0.15) is 0 Å². The first-order chi connectivity index (χ1) is 6.52. The molecular weight excluding hydrogens is 176 g/mol. The molecule has 0 N–H and O–H groups in total. The molecule has 0 saturated carbocycles. The Bertz CT molecular complexity index is 323. The van der Waals surface area contributed by atoms with E-state index in [1.54, 1.807) is 12.2 Å². The molecule has 0 aromatic carbocycles. The fourth-order valence-corrected chi connectivity index (χ4v) is 1.35. The minimum Gasteiger partial charge on any atom is -0.294 e. The third-order valence-electron chi connectivity index (χ3n) is 2.18. The molecule has 0 spiro atoms. The van der Waals surface area contributed by atoms with Crippen LogP contribution in [0.3, 0.4) is 0 Å². The lowest BCUT2D eigenvalue weighted by atomic mass is 10.0. The molecule has 1 aliphatic carbocycles. The molecule has 1 rings (SSSR count). The smallest absolute Gasteiger partial charge is 0.160 e. The van der Waals surface area contributed by atoms with Crippen LogP contribution in [0.15, 0.2) is 35.5 Å². The minimum atomic E-state index is -0.0646. The van der Waals surface area contributed by atoms with Gasteiger partial charge in [-0.3, -0.25) is 9.59 Å². The van der Waals surface area contributed by atoms with E-state index in [1.807, 2.05) is 19.1 Å². The molecule has 74 valence electrons. The van der Waals surface area contributed by atoms with Crippen molar-refractivity contribution in [2.45, 2.75) is 20.8 Å². The number of ketones is 2. The topological polar surface area (TPSA) is 34.1 Å². The highest BCUT2D eigenvalue weighted by molar-refractivity contribution is 6.08. The van der Waals surface area contributed by atoms with Gasteiger partial charge in [0.05, 0.1) is 0 Å². The van der Waals surface area contributed by atoms with Crippen LogP contribution in [0, 0.1) is 5.92 Å². The first kappa shape index (κ1) is 10.6. The Labute approximate surface area is 84.0 Å². The van der Waals surface area contributed by atoms with Crippen LogP contribution in [0.2, 0.25) is 0 Å². The molecule has 0 aromatic heterocycles. The van der Waals surface area contributed by atoms with Crippen LogP contribution in [-0.4, -0.2) is 11.6 Å². The SMILES string of the molecule is CC(=O)C1=C(C(C)=O)C=CC(C)C=C1. The highest BCUT2D eigenvalue weighted by Crippen LogP contribution is 2.17. The van der Waals surface area contributed by atoms with Gasteiger partial charge in [-0.15, -0.1) is 0 Å². The van der Waals surface area contributed by atoms with Gasteiger partial charge in [-0.25, -0.2) is 0 Å². The van der Waals surface area contributed by atoms with Gasteiger partial charge < -0.3 is 0 Å². The lowest BCUT2D eigenvalue weighted by Crippen LogP contribution is -2.03. The van der Waals surface area contributed by atoms with Gasteiger partial charge in [-0.1, -0.05) is 31.2 Å². The molecule has 0 saturated heterocycles. The molecule has 0 fully saturated rings. The zero-order chi connectivity index (χ0) is 10.7. The molecule has 0 radical (unpaired) electrons. The van der Waals surface area contributed by atoms with Crippen LogP contribution in [0.25, 0.3) is 0 Å². The summed E-state index contributed by atoms with van der Waals surface area (Å²) in [6.45, 7) is 4.96. The normalized spacial score (nSPS) is 17.1. The predicted molar refractivity (Wildman–Crippen MR) is 55.8 cm³/mol. The molecule has 0 aliphatic heterocycles. The Morgan fingerprint density at radius 1 is 1.00 bits per heavy atom. The zero-order valence-electron chi connectivity index (χ0n) is 8.70. The van der Waals surface area contributed by atoms with Crippen molar-refractivity contribution in [3.63, 3.8) is 0 Å². The fraction of sp³-hybridized carbons (Fsp3) is 0.333. The monoisotopic (exact) mass is 190 g/mol. The largest absolute Gasteiger partial charge is 0.294 e. The quantitative estimate of drug-likeness (QED) is 0.669. The summed E-state index contributed by atoms with van der Waals surface area (Å²) >= 11 is 0. The number of hydrogen-bond acceptors (Lipinski definition) is 2. The minimum absolute atomic E-state index is 0.0646. The highest BCUT2D eigenvalue weighted by atomic mass is 16.1. The van der Waals surface area contributed by atoms with E-state index in [2.05, 4.69) is 0 Å². The maximum Gasteiger partial charge on any atom is 0.160 e. The zero-order valence-corrected chi connectivity index (χ0v) is 8.70. The highest BCUT2D eigenvalue weighted by Gasteiger charge is 2.13. The lowest BCUT2D eigenvalue weighted by molar-refractivity contribution is -0.115. The van der Waals surface area contributed by atoms with Crippen LogP contribution in [-0.2, 0) is 9.59 Å². The van der Waals surface area contributed by atoms with Crippen molar-refractivity contribution in [2.24, 2.45) is 5.92 Å². The number of Topliss-reactive ketones (excluding diaryl/α,β-unsaturated/α-hetero) is 2. The molecule has 1 aliphatic rings. The Hall–Kier alpha value is -1.44. The molecule has 0 atom stereocenters. The summed E-state index contributed by atoms with van der Waals surface area (Å²) in [4.78, 5) is 22.6. The molecule has 2 heteroatoms. The van der Waals surface area contributed by atoms with Crippen molar-refractivity contribution < 1.29 is 9.59 Å². The summed E-state index contributed by atoms with van der Waals surface area (Å²) in [5.41, 5.74) is 1.02. The second-order valence-electron chi connectivity index (χ2n) is 3.52. The van der Waals surface area contributed by atoms with E-state index in [1.165, 1.54) is 13.8 Å². The van der Waals surface area contributed by atoms with Crippen LogP contribution in [0.1, 0.15) is 20.8 Å². The molecular formula is C12H14O2. The molecule has 14 heavy (non-hydrogen) atoms.